The van der Waals surface area contributed by atoms with Gasteiger partial charge in [-0.2, -0.15) is 0 Å². The fourth-order valence-corrected chi connectivity index (χ4v) is 1.49. The van der Waals surface area contributed by atoms with E-state index in [1.54, 1.807) is 0 Å². The second-order valence-electron chi connectivity index (χ2n) is 2.95. The summed E-state index contributed by atoms with van der Waals surface area (Å²) in [4.78, 5) is 0. The molecule has 0 aromatic carbocycles. The summed E-state index contributed by atoms with van der Waals surface area (Å²) in [7, 11) is 0. The summed E-state index contributed by atoms with van der Waals surface area (Å²) < 4.78 is 2.20. The number of hydrogen-bond donors (Lipinski definition) is 0. The van der Waals surface area contributed by atoms with Crippen LogP contribution in [-0.2, 0) is 6.54 Å². The van der Waals surface area contributed by atoms with Crippen LogP contribution in [-0.4, -0.2) is 14.8 Å². The van der Waals surface area contributed by atoms with Gasteiger partial charge >= 0.3 is 0 Å². The van der Waals surface area contributed by atoms with Gasteiger partial charge in [-0.3, -0.25) is 0 Å². The highest BCUT2D eigenvalue weighted by atomic mass is 15.3. The molecule has 3 heteroatoms. The quantitative estimate of drug-likeness (QED) is 0.536. The molecule has 0 saturated heterocycles. The SMILES string of the molecule is Cc1nnc2n1CCC2C. The smallest absolute Gasteiger partial charge is 0.135 e. The molecule has 2 rings (SSSR count). The van der Waals surface area contributed by atoms with Gasteiger partial charge in [0.2, 0.25) is 0 Å². The predicted molar refractivity (Wildman–Crippen MR) is 37.8 cm³/mol. The van der Waals surface area contributed by atoms with Crippen molar-refractivity contribution < 1.29 is 0 Å². The first-order chi connectivity index (χ1) is 4.79. The van der Waals surface area contributed by atoms with Gasteiger partial charge < -0.3 is 4.57 Å². The largest absolute Gasteiger partial charge is 0.315 e. The lowest BCUT2D eigenvalue weighted by Gasteiger charge is -1.94. The van der Waals surface area contributed by atoms with E-state index < -0.39 is 0 Å². The van der Waals surface area contributed by atoms with E-state index in [9.17, 15) is 0 Å². The third-order valence-electron chi connectivity index (χ3n) is 2.19. The van der Waals surface area contributed by atoms with Crippen LogP contribution in [0.15, 0.2) is 0 Å². The molecule has 0 N–H and O–H groups in total. The van der Waals surface area contributed by atoms with Gasteiger partial charge in [-0.25, -0.2) is 0 Å². The van der Waals surface area contributed by atoms with Gasteiger partial charge in [0.1, 0.15) is 11.6 Å². The minimum absolute atomic E-state index is 0.612. The normalized spacial score (nSPS) is 23.2. The van der Waals surface area contributed by atoms with Gasteiger partial charge in [-0.15, -0.1) is 10.2 Å². The highest BCUT2D eigenvalue weighted by Crippen LogP contribution is 2.25. The minimum Gasteiger partial charge on any atom is -0.315 e. The third kappa shape index (κ3) is 0.602. The van der Waals surface area contributed by atoms with Crippen LogP contribution in [0.1, 0.15) is 30.9 Å². The van der Waals surface area contributed by atoms with E-state index in [-0.39, 0.29) is 0 Å². The molecule has 2 heterocycles. The Hall–Kier alpha value is -0.860. The number of nitrogens with zero attached hydrogens (tertiary/aromatic N) is 3. The average molecular weight is 137 g/mol. The molecule has 1 aromatic heterocycles. The van der Waals surface area contributed by atoms with Gasteiger partial charge in [0.25, 0.3) is 0 Å². The Bertz CT molecular complexity index is 251. The Kier molecular flexibility index (Phi) is 1.07. The number of rotatable bonds is 0. The molecule has 0 aliphatic carbocycles. The Morgan fingerprint density at radius 3 is 3.00 bits per heavy atom. The van der Waals surface area contributed by atoms with E-state index in [1.807, 2.05) is 6.92 Å². The fourth-order valence-electron chi connectivity index (χ4n) is 1.49. The topological polar surface area (TPSA) is 30.7 Å². The standard InChI is InChI=1S/C7H11N3/c1-5-3-4-10-6(2)8-9-7(5)10/h5H,3-4H2,1-2H3. The van der Waals surface area contributed by atoms with E-state index >= 15 is 0 Å². The zero-order chi connectivity index (χ0) is 7.14. The Morgan fingerprint density at radius 1 is 1.50 bits per heavy atom. The maximum Gasteiger partial charge on any atom is 0.135 e. The fraction of sp³-hybridized carbons (Fsp3) is 0.714. The molecule has 3 nitrogen and oxygen atoms in total. The molecule has 0 radical (unpaired) electrons. The van der Waals surface area contributed by atoms with E-state index in [2.05, 4.69) is 21.7 Å². The van der Waals surface area contributed by atoms with Crippen molar-refractivity contribution in [3.63, 3.8) is 0 Å². The van der Waals surface area contributed by atoms with Crippen LogP contribution in [0, 0.1) is 6.92 Å². The molecule has 10 heavy (non-hydrogen) atoms. The van der Waals surface area contributed by atoms with E-state index in [0.29, 0.717) is 5.92 Å². The molecule has 1 aromatic rings. The Labute approximate surface area is 60.1 Å². The zero-order valence-electron chi connectivity index (χ0n) is 6.33. The van der Waals surface area contributed by atoms with Crippen molar-refractivity contribution in [2.75, 3.05) is 0 Å². The number of aromatic nitrogens is 3. The lowest BCUT2D eigenvalue weighted by Crippen LogP contribution is -1.94. The number of aryl methyl sites for hydroxylation is 1. The maximum absolute atomic E-state index is 4.09. The molecule has 0 amide bonds. The maximum atomic E-state index is 4.09. The summed E-state index contributed by atoms with van der Waals surface area (Å²) in [6.07, 6.45) is 1.23. The summed E-state index contributed by atoms with van der Waals surface area (Å²) in [6, 6.07) is 0. The predicted octanol–water partition coefficient (Wildman–Crippen LogP) is 1.09. The molecular weight excluding hydrogens is 126 g/mol. The number of fused-ring (bicyclic) bond motifs is 1. The first-order valence-corrected chi connectivity index (χ1v) is 3.68. The molecule has 1 unspecified atom stereocenters. The molecule has 54 valence electrons. The summed E-state index contributed by atoms with van der Waals surface area (Å²) in [5, 5.41) is 8.09. The van der Waals surface area contributed by atoms with Crippen molar-refractivity contribution >= 4 is 0 Å². The molecule has 0 saturated carbocycles. The average Bonchev–Trinajstić information content (AvgIpc) is 2.41. The van der Waals surface area contributed by atoms with Crippen molar-refractivity contribution in [2.24, 2.45) is 0 Å². The molecule has 1 atom stereocenters. The van der Waals surface area contributed by atoms with Crippen LogP contribution in [0.3, 0.4) is 0 Å². The molecule has 1 aliphatic rings. The van der Waals surface area contributed by atoms with Crippen LogP contribution >= 0.6 is 0 Å². The van der Waals surface area contributed by atoms with Crippen LogP contribution < -0.4 is 0 Å². The van der Waals surface area contributed by atoms with Crippen molar-refractivity contribution in [3.05, 3.63) is 11.6 Å². The highest BCUT2D eigenvalue weighted by Gasteiger charge is 2.21. The zero-order valence-corrected chi connectivity index (χ0v) is 6.33. The summed E-state index contributed by atoms with van der Waals surface area (Å²) in [5.41, 5.74) is 0. The van der Waals surface area contributed by atoms with Crippen LogP contribution in [0.2, 0.25) is 0 Å². The van der Waals surface area contributed by atoms with Gasteiger partial charge in [0, 0.05) is 12.5 Å². The highest BCUT2D eigenvalue weighted by molar-refractivity contribution is 5.04. The molecule has 1 aliphatic heterocycles. The van der Waals surface area contributed by atoms with Gasteiger partial charge in [0.05, 0.1) is 0 Å². The van der Waals surface area contributed by atoms with Crippen LogP contribution in [0.25, 0.3) is 0 Å². The third-order valence-corrected chi connectivity index (χ3v) is 2.19. The van der Waals surface area contributed by atoms with Crippen molar-refractivity contribution in [2.45, 2.75) is 32.7 Å². The second kappa shape index (κ2) is 1.81. The lowest BCUT2D eigenvalue weighted by atomic mass is 10.1. The van der Waals surface area contributed by atoms with Gasteiger partial charge in [0.15, 0.2) is 0 Å². The Morgan fingerprint density at radius 2 is 2.30 bits per heavy atom. The molecule has 0 fully saturated rings. The van der Waals surface area contributed by atoms with E-state index in [0.717, 1.165) is 18.2 Å². The summed E-state index contributed by atoms with van der Waals surface area (Å²) in [6.45, 7) is 5.32. The first-order valence-electron chi connectivity index (χ1n) is 3.68. The summed E-state index contributed by atoms with van der Waals surface area (Å²) in [5.74, 6) is 2.83. The van der Waals surface area contributed by atoms with Gasteiger partial charge in [-0.05, 0) is 13.3 Å². The molecule has 0 spiro atoms. The van der Waals surface area contributed by atoms with Crippen LogP contribution in [0.5, 0.6) is 0 Å². The minimum atomic E-state index is 0.612. The Balaban J connectivity index is 2.53. The van der Waals surface area contributed by atoms with Crippen molar-refractivity contribution in [3.8, 4) is 0 Å². The van der Waals surface area contributed by atoms with Crippen molar-refractivity contribution in [1.82, 2.24) is 14.8 Å². The van der Waals surface area contributed by atoms with E-state index in [1.165, 1.54) is 6.42 Å². The first kappa shape index (κ1) is 5.89. The van der Waals surface area contributed by atoms with Crippen molar-refractivity contribution in [1.29, 1.82) is 0 Å². The molecule has 0 bridgehead atoms. The van der Waals surface area contributed by atoms with E-state index in [4.69, 9.17) is 0 Å². The molecular formula is C7H11N3. The second-order valence-corrected chi connectivity index (χ2v) is 2.95. The monoisotopic (exact) mass is 137 g/mol. The summed E-state index contributed by atoms with van der Waals surface area (Å²) >= 11 is 0. The number of hydrogen-bond acceptors (Lipinski definition) is 2. The lowest BCUT2D eigenvalue weighted by molar-refractivity contribution is 0.675. The van der Waals surface area contributed by atoms with Gasteiger partial charge in [-0.1, -0.05) is 6.92 Å². The van der Waals surface area contributed by atoms with Crippen LogP contribution in [0.4, 0.5) is 0 Å².